The number of anilines is 2. The van der Waals surface area contributed by atoms with E-state index >= 15 is 0 Å². The number of ether oxygens (including phenoxy) is 1. The first-order valence-electron chi connectivity index (χ1n) is 11.4. The molecular weight excluding hydrogens is 509 g/mol. The zero-order valence-electron chi connectivity index (χ0n) is 20.1. The molecule has 2 aromatic heterocycles. The van der Waals surface area contributed by atoms with Gasteiger partial charge in [0.1, 0.15) is 19.4 Å². The van der Waals surface area contributed by atoms with Crippen molar-refractivity contribution in [3.63, 3.8) is 0 Å². The normalized spacial score (nSPS) is 11.4. The van der Waals surface area contributed by atoms with E-state index in [-0.39, 0.29) is 4.90 Å². The Morgan fingerprint density at radius 3 is 2.65 bits per heavy atom. The molecule has 0 radical (unpaired) electrons. The van der Waals surface area contributed by atoms with Crippen LogP contribution < -0.4 is 20.2 Å². The molecule has 5 rings (SSSR count). The second-order valence-corrected chi connectivity index (χ2v) is 10.5. The molecule has 0 fully saturated rings. The Kier molecular flexibility index (Phi) is 6.77. The summed E-state index contributed by atoms with van der Waals surface area (Å²) in [6.07, 6.45) is 1.76. The maximum absolute atomic E-state index is 12.9. The van der Waals surface area contributed by atoms with Crippen molar-refractivity contribution in [2.45, 2.75) is 11.4 Å². The topological polar surface area (TPSA) is 97.6 Å². The number of aromatic nitrogens is 3. The molecule has 0 aliphatic heterocycles. The van der Waals surface area contributed by atoms with E-state index in [1.165, 1.54) is 19.2 Å². The van der Waals surface area contributed by atoms with E-state index in [4.69, 9.17) is 21.3 Å². The average molecular weight is 532 g/mol. The lowest BCUT2D eigenvalue weighted by Gasteiger charge is -2.13. The van der Waals surface area contributed by atoms with Crippen molar-refractivity contribution < 1.29 is 13.2 Å². The van der Waals surface area contributed by atoms with E-state index in [1.54, 1.807) is 41.0 Å². The smallest absolute Gasteiger partial charge is 0.262 e. The summed E-state index contributed by atoms with van der Waals surface area (Å²) in [6, 6.07) is 23.0. The Labute approximate surface area is 220 Å². The molecule has 0 spiro atoms. The molecule has 0 amide bonds. The van der Waals surface area contributed by atoms with Crippen LogP contribution in [0.4, 0.5) is 11.5 Å². The van der Waals surface area contributed by atoms with Gasteiger partial charge in [-0.1, -0.05) is 48.0 Å². The van der Waals surface area contributed by atoms with Crippen LogP contribution in [-0.2, 0) is 16.6 Å². The highest BCUT2D eigenvalue weighted by Gasteiger charge is 2.16. The van der Waals surface area contributed by atoms with E-state index in [9.17, 15) is 8.42 Å². The van der Waals surface area contributed by atoms with E-state index in [0.29, 0.717) is 23.0 Å². The van der Waals surface area contributed by atoms with Crippen molar-refractivity contribution in [1.82, 2.24) is 14.6 Å². The molecule has 0 unspecified atom stereocenters. The molecule has 11 heteroatoms. The molecule has 37 heavy (non-hydrogen) atoms. The highest BCUT2D eigenvalue weighted by atomic mass is 35.5. The van der Waals surface area contributed by atoms with Gasteiger partial charge in [0.25, 0.3) is 10.0 Å². The molecule has 0 saturated carbocycles. The minimum absolute atomic E-state index is 0.121. The second-order valence-electron chi connectivity index (χ2n) is 8.41. The molecule has 2 N–H and O–H groups in total. The van der Waals surface area contributed by atoms with Crippen molar-refractivity contribution in [3.8, 4) is 17.0 Å². The maximum atomic E-state index is 12.9. The van der Waals surface area contributed by atoms with Gasteiger partial charge in [0.2, 0.25) is 0 Å². The van der Waals surface area contributed by atoms with E-state index in [0.717, 1.165) is 33.7 Å². The molecule has 3 aromatic carbocycles. The van der Waals surface area contributed by atoms with Crippen LogP contribution in [0.15, 0.2) is 90.0 Å². The molecule has 0 aliphatic rings. The number of hydrogen-bond acceptors (Lipinski definition) is 6. The number of fused-ring (bicyclic) bond motifs is 1. The number of methoxy groups -OCH3 is 1. The lowest BCUT2D eigenvalue weighted by molar-refractivity contribution is 0.413. The number of nitrogens with zero attached hydrogens (tertiary/aromatic N) is 3. The Morgan fingerprint density at radius 1 is 1.03 bits per heavy atom. The summed E-state index contributed by atoms with van der Waals surface area (Å²) in [5, 5.41) is 8.48. The van der Waals surface area contributed by atoms with Gasteiger partial charge < -0.3 is 10.1 Å². The van der Waals surface area contributed by atoms with Crippen molar-refractivity contribution in [1.29, 1.82) is 0 Å². The largest absolute Gasteiger partial charge is 0.497 e. The average Bonchev–Trinajstić information content (AvgIpc) is 3.28. The minimum atomic E-state index is -3.78. The number of halogens is 1. The molecule has 8 nitrogen and oxygen atoms in total. The number of nitrogens with one attached hydrogen (secondary N) is 2. The van der Waals surface area contributed by atoms with Gasteiger partial charge in [-0.2, -0.15) is 9.61 Å². The molecule has 0 saturated heterocycles. The highest BCUT2D eigenvalue weighted by molar-refractivity contribution is 7.92. The zero-order valence-corrected chi connectivity index (χ0v) is 21.7. The van der Waals surface area contributed by atoms with Crippen LogP contribution in [0.2, 0.25) is 5.02 Å². The second kappa shape index (κ2) is 10.2. The van der Waals surface area contributed by atoms with Gasteiger partial charge in [-0.25, -0.2) is 13.4 Å². The Balaban J connectivity index is 1.40. The van der Waals surface area contributed by atoms with Crippen molar-refractivity contribution in [2.75, 3.05) is 17.1 Å². The van der Waals surface area contributed by atoms with Gasteiger partial charge in [-0.15, -0.1) is 0 Å². The molecule has 0 aliphatic carbocycles. The Hall–Kier alpha value is -4.02. The van der Waals surface area contributed by atoms with Crippen LogP contribution in [0, 0.1) is 0 Å². The van der Waals surface area contributed by atoms with E-state index in [1.807, 2.05) is 44.2 Å². The summed E-state index contributed by atoms with van der Waals surface area (Å²) in [7, 11) is -0.335. The predicted molar refractivity (Wildman–Crippen MR) is 149 cm³/mol. The lowest BCUT2D eigenvalue weighted by atomic mass is 10.0. The van der Waals surface area contributed by atoms with Crippen LogP contribution in [0.5, 0.6) is 5.75 Å². The number of sulfonamides is 1. The molecular formula is C26H23BClN5O3S. The van der Waals surface area contributed by atoms with Gasteiger partial charge in [-0.3, -0.25) is 4.72 Å². The number of benzene rings is 3. The Morgan fingerprint density at radius 2 is 1.84 bits per heavy atom. The first-order chi connectivity index (χ1) is 17.8. The monoisotopic (exact) mass is 531 g/mol. The van der Waals surface area contributed by atoms with Crippen LogP contribution in [0.25, 0.3) is 16.9 Å². The van der Waals surface area contributed by atoms with Crippen LogP contribution in [0.3, 0.4) is 0 Å². The van der Waals surface area contributed by atoms with Crippen molar-refractivity contribution >= 4 is 52.1 Å². The van der Waals surface area contributed by atoms with E-state index < -0.39 is 10.0 Å². The fourth-order valence-electron chi connectivity index (χ4n) is 3.93. The van der Waals surface area contributed by atoms with Gasteiger partial charge in [-0.05, 0) is 41.4 Å². The SMILES string of the molecule is Bc1cnn2c(NCc3cccc(NS(=O)(=O)c4cccc(OC)c4)c3)cc(-c3ccccc3Cl)nc12. The quantitative estimate of drug-likeness (QED) is 0.296. The first kappa shape index (κ1) is 24.7. The maximum Gasteiger partial charge on any atom is 0.262 e. The minimum Gasteiger partial charge on any atom is -0.497 e. The summed E-state index contributed by atoms with van der Waals surface area (Å²) in [5.74, 6) is 1.20. The standard InChI is InChI=1S/C26H23BClN5O3S/c1-36-19-8-5-9-20(13-19)37(34,35)32-18-7-4-6-17(12-18)15-29-25-14-24(21-10-2-3-11-23(21)28)31-26-22(27)16-30-33(25)26/h2-14,16,29,32H,15,27H2,1H3. The van der Waals surface area contributed by atoms with Crippen LogP contribution in [0.1, 0.15) is 5.56 Å². The predicted octanol–water partition coefficient (Wildman–Crippen LogP) is 3.73. The molecule has 0 atom stereocenters. The van der Waals surface area contributed by atoms with Crippen molar-refractivity contribution in [2.24, 2.45) is 0 Å². The van der Waals surface area contributed by atoms with Crippen LogP contribution >= 0.6 is 11.6 Å². The van der Waals surface area contributed by atoms with Crippen LogP contribution in [-0.4, -0.2) is 38.0 Å². The highest BCUT2D eigenvalue weighted by Crippen LogP contribution is 2.28. The van der Waals surface area contributed by atoms with E-state index in [2.05, 4.69) is 15.1 Å². The van der Waals surface area contributed by atoms with Gasteiger partial charge in [0.05, 0.1) is 17.7 Å². The van der Waals surface area contributed by atoms with Gasteiger partial charge >= 0.3 is 0 Å². The fraction of sp³-hybridized carbons (Fsp3) is 0.0769. The number of rotatable bonds is 8. The van der Waals surface area contributed by atoms with Gasteiger partial charge in [0, 0.05) is 41.1 Å². The third kappa shape index (κ3) is 5.25. The Bertz CT molecular complexity index is 1710. The summed E-state index contributed by atoms with van der Waals surface area (Å²) in [4.78, 5) is 4.89. The summed E-state index contributed by atoms with van der Waals surface area (Å²) in [6.45, 7) is 0.425. The molecule has 186 valence electrons. The zero-order chi connectivity index (χ0) is 26.0. The summed E-state index contributed by atoms with van der Waals surface area (Å²) >= 11 is 6.43. The molecule has 0 bridgehead atoms. The van der Waals surface area contributed by atoms with Gasteiger partial charge in [0.15, 0.2) is 5.65 Å². The molecule has 2 heterocycles. The molecule has 5 aromatic rings. The third-order valence-corrected chi connectivity index (χ3v) is 7.51. The number of hydrogen-bond donors (Lipinski definition) is 2. The first-order valence-corrected chi connectivity index (χ1v) is 13.3. The summed E-state index contributed by atoms with van der Waals surface area (Å²) < 4.78 is 35.3. The summed E-state index contributed by atoms with van der Waals surface area (Å²) in [5.41, 5.74) is 4.53. The van der Waals surface area contributed by atoms with Crippen molar-refractivity contribution in [3.05, 3.63) is 95.6 Å². The third-order valence-electron chi connectivity index (χ3n) is 5.80. The fourth-order valence-corrected chi connectivity index (χ4v) is 5.24. The lowest BCUT2D eigenvalue weighted by Crippen LogP contribution is -2.13.